The van der Waals surface area contributed by atoms with Crippen LogP contribution in [0.4, 0.5) is 0 Å². The average molecular weight is 243 g/mol. The van der Waals surface area contributed by atoms with Crippen molar-refractivity contribution in [1.29, 1.82) is 0 Å². The lowest BCUT2D eigenvalue weighted by atomic mass is 10.0. The smallest absolute Gasteiger partial charge is 0.130 e. The van der Waals surface area contributed by atoms with Crippen molar-refractivity contribution in [3.8, 4) is 0 Å². The molecule has 0 aromatic rings. The summed E-state index contributed by atoms with van der Waals surface area (Å²) >= 11 is 3.76. The Kier molecular flexibility index (Phi) is 3.82. The number of hydrogen-bond donors (Lipinski definition) is 1. The van der Waals surface area contributed by atoms with Crippen molar-refractivity contribution in [1.82, 2.24) is 0 Å². The van der Waals surface area contributed by atoms with E-state index < -0.39 is 7.23 Å². The Labute approximate surface area is 87.0 Å². The second kappa shape index (κ2) is 4.09. The quantitative estimate of drug-likeness (QED) is 0.456. The van der Waals surface area contributed by atoms with Crippen LogP contribution in [0.5, 0.6) is 0 Å². The largest absolute Gasteiger partial charge is 0.582 e. The predicted molar refractivity (Wildman–Crippen MR) is 60.2 cm³/mol. The molecule has 1 rings (SSSR count). The fourth-order valence-corrected chi connectivity index (χ4v) is 5.39. The van der Waals surface area contributed by atoms with Crippen LogP contribution in [-0.4, -0.2) is 16.1 Å². The highest BCUT2D eigenvalue weighted by Crippen LogP contribution is 2.54. The third-order valence-corrected chi connectivity index (χ3v) is 6.22. The van der Waals surface area contributed by atoms with Gasteiger partial charge in [-0.05, 0) is 25.3 Å². The monoisotopic (exact) mass is 243 g/mol. The third kappa shape index (κ3) is 2.55. The van der Waals surface area contributed by atoms with Crippen LogP contribution in [-0.2, 0) is 9.09 Å². The molecule has 0 aromatic heterocycles. The number of thiol groups is 1. The van der Waals surface area contributed by atoms with E-state index in [1.807, 2.05) is 0 Å². The van der Waals surface area contributed by atoms with E-state index >= 15 is 0 Å². The van der Waals surface area contributed by atoms with Gasteiger partial charge in [-0.15, -0.1) is 4.52 Å². The summed E-state index contributed by atoms with van der Waals surface area (Å²) in [5.74, 6) is 0. The third-order valence-electron chi connectivity index (χ3n) is 1.73. The van der Waals surface area contributed by atoms with Gasteiger partial charge in [-0.2, -0.15) is 0 Å². The van der Waals surface area contributed by atoms with Crippen molar-refractivity contribution in [2.45, 2.75) is 36.9 Å². The van der Waals surface area contributed by atoms with Crippen molar-refractivity contribution in [3.63, 3.8) is 0 Å². The highest BCUT2D eigenvalue weighted by molar-refractivity contribution is 8.77. The van der Waals surface area contributed by atoms with E-state index in [9.17, 15) is 4.57 Å². The number of hydrogen-bond acceptors (Lipinski definition) is 4. The zero-order valence-corrected chi connectivity index (χ0v) is 10.6. The maximum absolute atomic E-state index is 10.8. The summed E-state index contributed by atoms with van der Waals surface area (Å²) in [5.41, 5.74) is 0. The zero-order valence-electron chi connectivity index (χ0n) is 7.18. The molecule has 1 aliphatic heterocycles. The first-order valence-corrected chi connectivity index (χ1v) is 8.15. The topological polar surface area (TPSA) is 26.3 Å². The Balaban J connectivity index is 2.65. The van der Waals surface area contributed by atoms with Gasteiger partial charge >= 0.3 is 7.23 Å². The Morgan fingerprint density at radius 1 is 1.58 bits per heavy atom. The highest BCUT2D eigenvalue weighted by atomic mass is 33.1. The fraction of sp³-hybridized carbons (Fsp3) is 1.00. The molecule has 1 heterocycles. The van der Waals surface area contributed by atoms with Crippen LogP contribution in [0.3, 0.4) is 0 Å². The minimum atomic E-state index is -1.78. The van der Waals surface area contributed by atoms with Gasteiger partial charge in [0.05, 0.1) is 4.75 Å². The van der Waals surface area contributed by atoms with Gasteiger partial charge < -0.3 is 0 Å². The molecular formula is C6H12O2PS3+. The molecule has 0 aliphatic carbocycles. The second-order valence-corrected chi connectivity index (χ2v) is 8.15. The van der Waals surface area contributed by atoms with Gasteiger partial charge in [0.15, 0.2) is 0 Å². The van der Waals surface area contributed by atoms with E-state index in [1.165, 1.54) is 0 Å². The van der Waals surface area contributed by atoms with Crippen LogP contribution in [0, 0.1) is 0 Å². The molecule has 1 fully saturated rings. The van der Waals surface area contributed by atoms with Crippen LogP contribution < -0.4 is 0 Å². The fourth-order valence-electron chi connectivity index (χ4n) is 1.17. The number of rotatable bonds is 2. The Morgan fingerprint density at radius 2 is 2.17 bits per heavy atom. The summed E-state index contributed by atoms with van der Waals surface area (Å²) in [4.78, 5) is 0. The molecule has 1 aliphatic rings. The molecule has 0 amide bonds. The van der Waals surface area contributed by atoms with E-state index in [4.69, 9.17) is 4.52 Å². The molecule has 6 heteroatoms. The molecule has 1 saturated heterocycles. The summed E-state index contributed by atoms with van der Waals surface area (Å²) in [6, 6.07) is 0. The van der Waals surface area contributed by atoms with Crippen molar-refractivity contribution >= 4 is 41.1 Å². The molecule has 0 saturated carbocycles. The van der Waals surface area contributed by atoms with Gasteiger partial charge in [-0.25, -0.2) is 0 Å². The van der Waals surface area contributed by atoms with Crippen LogP contribution in [0.25, 0.3) is 0 Å². The van der Waals surface area contributed by atoms with Gasteiger partial charge in [0.1, 0.15) is 18.4 Å². The van der Waals surface area contributed by atoms with Gasteiger partial charge in [0.2, 0.25) is 0 Å². The minimum Gasteiger partial charge on any atom is -0.130 e. The molecule has 12 heavy (non-hydrogen) atoms. The minimum absolute atomic E-state index is 0.0358. The molecule has 0 aromatic carbocycles. The van der Waals surface area contributed by atoms with Gasteiger partial charge in [-0.1, -0.05) is 21.6 Å². The van der Waals surface area contributed by atoms with Gasteiger partial charge in [0.25, 0.3) is 0 Å². The van der Waals surface area contributed by atoms with Gasteiger partial charge in [0, 0.05) is 5.25 Å². The normalized spacial score (nSPS) is 35.2. The van der Waals surface area contributed by atoms with Crippen molar-refractivity contribution in [2.75, 3.05) is 0 Å². The molecule has 0 bridgehead atoms. The van der Waals surface area contributed by atoms with E-state index in [0.29, 0.717) is 5.25 Å². The molecule has 1 unspecified atom stereocenters. The van der Waals surface area contributed by atoms with Gasteiger partial charge in [-0.3, -0.25) is 0 Å². The first-order chi connectivity index (χ1) is 5.43. The van der Waals surface area contributed by atoms with E-state index in [2.05, 4.69) is 33.0 Å². The molecule has 0 N–H and O–H groups in total. The molecule has 70 valence electrons. The van der Waals surface area contributed by atoms with Crippen LogP contribution in [0.2, 0.25) is 0 Å². The predicted octanol–water partition coefficient (Wildman–Crippen LogP) is 3.52. The zero-order chi connectivity index (χ0) is 9.35. The molecule has 2 nitrogen and oxygen atoms in total. The summed E-state index contributed by atoms with van der Waals surface area (Å²) in [7, 11) is 1.79. The summed E-state index contributed by atoms with van der Waals surface area (Å²) in [6.07, 6.45) is 0.0358. The van der Waals surface area contributed by atoms with Crippen molar-refractivity contribution in [3.05, 3.63) is 0 Å². The maximum atomic E-state index is 10.8. The SMILES string of the molecule is C[C@H]1SSC(C)(C)[C@H]1O[P+](=O)S. The van der Waals surface area contributed by atoms with Crippen LogP contribution >= 0.6 is 41.1 Å². The van der Waals surface area contributed by atoms with E-state index in [0.717, 1.165) is 0 Å². The van der Waals surface area contributed by atoms with Crippen LogP contribution in [0.15, 0.2) is 0 Å². The Bertz CT molecular complexity index is 197. The van der Waals surface area contributed by atoms with E-state index in [-0.39, 0.29) is 10.9 Å². The standard InChI is InChI=1S/C6H11O2PS3/c1-4-5(8-9(7)10)6(2,3)12-11-4/h4-5H,1-3H3/p+1/t4-,5+/m1/s1. The molecule has 0 spiro atoms. The lowest BCUT2D eigenvalue weighted by molar-refractivity contribution is 0.191. The summed E-state index contributed by atoms with van der Waals surface area (Å²) in [6.45, 7) is 6.29. The lowest BCUT2D eigenvalue weighted by Crippen LogP contribution is -2.34. The van der Waals surface area contributed by atoms with E-state index in [1.54, 1.807) is 21.6 Å². The molecule has 3 atom stereocenters. The first kappa shape index (κ1) is 11.2. The average Bonchev–Trinajstić information content (AvgIpc) is 2.15. The Hall–Kier alpha value is 1.11. The Morgan fingerprint density at radius 3 is 2.50 bits per heavy atom. The molecule has 0 radical (unpaired) electrons. The summed E-state index contributed by atoms with van der Waals surface area (Å²) < 4.78 is 16.1. The van der Waals surface area contributed by atoms with Crippen molar-refractivity contribution < 1.29 is 9.09 Å². The lowest BCUT2D eigenvalue weighted by Gasteiger charge is -2.20. The second-order valence-electron chi connectivity index (χ2n) is 3.25. The van der Waals surface area contributed by atoms with Crippen molar-refractivity contribution in [2.24, 2.45) is 0 Å². The first-order valence-electron chi connectivity index (χ1n) is 3.61. The van der Waals surface area contributed by atoms with Crippen LogP contribution in [0.1, 0.15) is 20.8 Å². The maximum Gasteiger partial charge on any atom is 0.582 e. The highest BCUT2D eigenvalue weighted by Gasteiger charge is 2.47. The molecular weight excluding hydrogens is 231 g/mol. The summed E-state index contributed by atoms with van der Waals surface area (Å²) in [5, 5.41) is 0.385.